The fourth-order valence-corrected chi connectivity index (χ4v) is 4.62. The Balaban J connectivity index is 1.56. The normalized spacial score (nSPS) is 17.0. The van der Waals surface area contributed by atoms with E-state index in [0.717, 1.165) is 47.6 Å². The van der Waals surface area contributed by atoms with Crippen LogP contribution in [0.4, 0.5) is 17.5 Å². The first-order valence-electron chi connectivity index (χ1n) is 11.1. The third-order valence-corrected chi connectivity index (χ3v) is 6.28. The van der Waals surface area contributed by atoms with Crippen LogP contribution in [-0.2, 0) is 30.7 Å². The number of primary amides is 1. The van der Waals surface area contributed by atoms with Crippen molar-refractivity contribution in [3.8, 4) is 0 Å². The van der Waals surface area contributed by atoms with Crippen LogP contribution < -0.4 is 16.0 Å². The predicted octanol–water partition coefficient (Wildman–Crippen LogP) is 3.73. The van der Waals surface area contributed by atoms with Gasteiger partial charge in [-0.25, -0.2) is 4.98 Å². The second-order valence-electron chi connectivity index (χ2n) is 8.24. The number of nitrogens with one attached hydrogen (secondary N) is 1. The van der Waals surface area contributed by atoms with Crippen LogP contribution in [0, 0.1) is 0 Å². The van der Waals surface area contributed by atoms with Crippen molar-refractivity contribution in [2.75, 3.05) is 16.8 Å². The van der Waals surface area contributed by atoms with E-state index in [1.807, 2.05) is 30.3 Å². The highest BCUT2D eigenvalue weighted by Gasteiger charge is 2.34. The van der Waals surface area contributed by atoms with Crippen molar-refractivity contribution in [1.82, 2.24) is 9.97 Å². The Morgan fingerprint density at radius 1 is 1.16 bits per heavy atom. The number of fused-ring (bicyclic) bond motifs is 2. The van der Waals surface area contributed by atoms with Gasteiger partial charge in [0.1, 0.15) is 5.82 Å². The molecule has 5 rings (SSSR count). The van der Waals surface area contributed by atoms with Gasteiger partial charge in [-0.2, -0.15) is 4.98 Å². The van der Waals surface area contributed by atoms with E-state index >= 15 is 0 Å². The minimum Gasteiger partial charge on any atom is -0.376 e. The fourth-order valence-electron chi connectivity index (χ4n) is 4.62. The molecule has 2 aliphatic rings. The van der Waals surface area contributed by atoms with Crippen molar-refractivity contribution in [3.05, 3.63) is 76.5 Å². The van der Waals surface area contributed by atoms with E-state index in [1.54, 1.807) is 6.07 Å². The first-order valence-corrected chi connectivity index (χ1v) is 11.1. The molecule has 1 aromatic heterocycles. The highest BCUT2D eigenvalue weighted by atomic mass is 16.5. The lowest BCUT2D eigenvalue weighted by atomic mass is 10.0. The number of carbonyl (C=O) groups excluding carboxylic acids is 1. The number of hydrogen-bond donors (Lipinski definition) is 2. The van der Waals surface area contributed by atoms with Crippen molar-refractivity contribution < 1.29 is 9.53 Å². The van der Waals surface area contributed by atoms with E-state index in [-0.39, 0.29) is 6.04 Å². The molecule has 0 radical (unpaired) electrons. The third kappa shape index (κ3) is 3.69. The summed E-state index contributed by atoms with van der Waals surface area (Å²) in [6, 6.07) is 16.1. The van der Waals surface area contributed by atoms with Crippen molar-refractivity contribution in [2.24, 2.45) is 5.73 Å². The van der Waals surface area contributed by atoms with Gasteiger partial charge < -0.3 is 20.7 Å². The summed E-state index contributed by atoms with van der Waals surface area (Å²) in [4.78, 5) is 24.1. The predicted molar refractivity (Wildman–Crippen MR) is 124 cm³/mol. The standard InChI is InChI=1S/C25H27N5O2/c1-2-17-13-19-18(23(26)31)9-6-10-22(19)30(17)25-28-21-11-12-32-15-20(21)24(29-25)27-14-16-7-4-3-5-8-16/h3-10,17H,2,11-15H2,1H3,(H2,26,31)(H,27,28,29). The van der Waals surface area contributed by atoms with Crippen LogP contribution in [0.15, 0.2) is 48.5 Å². The minimum atomic E-state index is -0.396. The summed E-state index contributed by atoms with van der Waals surface area (Å²) in [5.41, 5.74) is 11.4. The van der Waals surface area contributed by atoms with E-state index in [4.69, 9.17) is 20.4 Å². The van der Waals surface area contributed by atoms with E-state index < -0.39 is 5.91 Å². The number of rotatable bonds is 6. The summed E-state index contributed by atoms with van der Waals surface area (Å²) in [7, 11) is 0. The van der Waals surface area contributed by atoms with Crippen LogP contribution in [0.3, 0.4) is 0 Å². The van der Waals surface area contributed by atoms with Gasteiger partial charge in [0, 0.05) is 35.8 Å². The summed E-state index contributed by atoms with van der Waals surface area (Å²) in [5.74, 6) is 1.07. The molecule has 7 heteroatoms. The van der Waals surface area contributed by atoms with Crippen molar-refractivity contribution >= 4 is 23.4 Å². The summed E-state index contributed by atoms with van der Waals surface area (Å²) in [5, 5.41) is 3.51. The molecule has 0 fully saturated rings. The zero-order chi connectivity index (χ0) is 22.1. The lowest BCUT2D eigenvalue weighted by molar-refractivity contribution is 0.0999. The molecule has 0 aliphatic carbocycles. The maximum atomic E-state index is 12.0. The molecule has 2 aromatic carbocycles. The first-order chi connectivity index (χ1) is 15.7. The van der Waals surface area contributed by atoms with Gasteiger partial charge in [-0.15, -0.1) is 0 Å². The molecule has 7 nitrogen and oxygen atoms in total. The van der Waals surface area contributed by atoms with Gasteiger partial charge in [-0.1, -0.05) is 43.3 Å². The van der Waals surface area contributed by atoms with Crippen LogP contribution >= 0.6 is 0 Å². The highest BCUT2D eigenvalue weighted by Crippen LogP contribution is 2.40. The Bertz CT molecular complexity index is 1150. The Morgan fingerprint density at radius 3 is 2.78 bits per heavy atom. The number of carbonyl (C=O) groups is 1. The van der Waals surface area contributed by atoms with Crippen LogP contribution in [0.1, 0.15) is 46.1 Å². The molecule has 3 aromatic rings. The molecule has 3 N–H and O–H groups in total. The Labute approximate surface area is 187 Å². The summed E-state index contributed by atoms with van der Waals surface area (Å²) in [6.45, 7) is 3.98. The van der Waals surface area contributed by atoms with Crippen molar-refractivity contribution in [3.63, 3.8) is 0 Å². The van der Waals surface area contributed by atoms with Crippen LogP contribution in [0.5, 0.6) is 0 Å². The molecule has 0 saturated heterocycles. The maximum Gasteiger partial charge on any atom is 0.249 e. The summed E-state index contributed by atoms with van der Waals surface area (Å²) in [6.07, 6.45) is 2.41. The van der Waals surface area contributed by atoms with Gasteiger partial charge in [-0.3, -0.25) is 4.79 Å². The number of ether oxygens (including phenoxy) is 1. The van der Waals surface area contributed by atoms with E-state index in [2.05, 4.69) is 29.3 Å². The van der Waals surface area contributed by atoms with Crippen LogP contribution in [-0.4, -0.2) is 28.5 Å². The van der Waals surface area contributed by atoms with E-state index in [9.17, 15) is 4.79 Å². The minimum absolute atomic E-state index is 0.172. The molecular formula is C25H27N5O2. The number of nitrogens with zero attached hydrogens (tertiary/aromatic N) is 3. The largest absolute Gasteiger partial charge is 0.376 e. The van der Waals surface area contributed by atoms with Gasteiger partial charge in [-0.05, 0) is 36.1 Å². The fraction of sp³-hybridized carbons (Fsp3) is 0.320. The zero-order valence-electron chi connectivity index (χ0n) is 18.2. The monoisotopic (exact) mass is 429 g/mol. The molecule has 1 amide bonds. The SMILES string of the molecule is CCC1Cc2c(C(N)=O)cccc2N1c1nc2c(c(NCc3ccccc3)n1)COCC2. The molecule has 1 unspecified atom stereocenters. The zero-order valence-corrected chi connectivity index (χ0v) is 18.2. The molecule has 3 heterocycles. The maximum absolute atomic E-state index is 12.0. The van der Waals surface area contributed by atoms with Gasteiger partial charge in [0.15, 0.2) is 0 Å². The number of benzene rings is 2. The van der Waals surface area contributed by atoms with Crippen LogP contribution in [0.2, 0.25) is 0 Å². The number of aromatic nitrogens is 2. The number of anilines is 3. The average molecular weight is 430 g/mol. The first kappa shape index (κ1) is 20.5. The lowest BCUT2D eigenvalue weighted by Gasteiger charge is -2.28. The molecule has 2 aliphatic heterocycles. The van der Waals surface area contributed by atoms with Gasteiger partial charge in [0.05, 0.1) is 18.9 Å². The average Bonchev–Trinajstić information content (AvgIpc) is 3.21. The van der Waals surface area contributed by atoms with Gasteiger partial charge in [0.25, 0.3) is 0 Å². The molecule has 0 bridgehead atoms. The molecular weight excluding hydrogens is 402 g/mol. The molecule has 32 heavy (non-hydrogen) atoms. The van der Waals surface area contributed by atoms with Crippen LogP contribution in [0.25, 0.3) is 0 Å². The second kappa shape index (κ2) is 8.59. The Kier molecular flexibility index (Phi) is 5.49. The van der Waals surface area contributed by atoms with E-state index in [0.29, 0.717) is 31.3 Å². The number of nitrogens with two attached hydrogens (primary N) is 1. The highest BCUT2D eigenvalue weighted by molar-refractivity contribution is 5.97. The van der Waals surface area contributed by atoms with E-state index in [1.165, 1.54) is 5.56 Å². The third-order valence-electron chi connectivity index (χ3n) is 6.28. The topological polar surface area (TPSA) is 93.4 Å². The molecule has 164 valence electrons. The number of hydrogen-bond acceptors (Lipinski definition) is 6. The summed E-state index contributed by atoms with van der Waals surface area (Å²) >= 11 is 0. The van der Waals surface area contributed by atoms with Gasteiger partial charge >= 0.3 is 0 Å². The molecule has 1 atom stereocenters. The Hall–Kier alpha value is -3.45. The summed E-state index contributed by atoms with van der Waals surface area (Å²) < 4.78 is 5.71. The molecule has 0 saturated carbocycles. The smallest absolute Gasteiger partial charge is 0.249 e. The van der Waals surface area contributed by atoms with Crippen molar-refractivity contribution in [1.29, 1.82) is 0 Å². The number of amides is 1. The quantitative estimate of drug-likeness (QED) is 0.620. The molecule has 0 spiro atoms. The van der Waals surface area contributed by atoms with Crippen molar-refractivity contribution in [2.45, 2.75) is 45.4 Å². The Morgan fingerprint density at radius 2 is 2.00 bits per heavy atom. The lowest BCUT2D eigenvalue weighted by Crippen LogP contribution is -2.29. The van der Waals surface area contributed by atoms with Gasteiger partial charge in [0.2, 0.25) is 11.9 Å². The second-order valence-corrected chi connectivity index (χ2v) is 8.24.